The molecule has 0 radical (unpaired) electrons. The third-order valence-corrected chi connectivity index (χ3v) is 1.13. The predicted octanol–water partition coefficient (Wildman–Crippen LogP) is 0.989. The summed E-state index contributed by atoms with van der Waals surface area (Å²) >= 11 is 0. The second kappa shape index (κ2) is 4.93. The van der Waals surface area contributed by atoms with Crippen LogP contribution in [-0.2, 0) is 6.54 Å². The molecule has 1 rings (SSSR count). The largest absolute Gasteiger partial charge is 0.870 e. The summed E-state index contributed by atoms with van der Waals surface area (Å²) in [6.45, 7) is 0.515. The molecule has 0 heterocycles. The van der Waals surface area contributed by atoms with Gasteiger partial charge in [-0.15, -0.1) is 0 Å². The molecule has 0 aliphatic carbocycles. The normalized spacial score (nSPS) is 8.50. The monoisotopic (exact) mass is 140 g/mol. The third-order valence-electron chi connectivity index (χ3n) is 1.13. The van der Waals surface area contributed by atoms with E-state index in [0.717, 1.165) is 5.56 Å². The van der Waals surface area contributed by atoms with Crippen LogP contribution in [0.2, 0.25) is 0 Å². The van der Waals surface area contributed by atoms with Gasteiger partial charge in [-0.3, -0.25) is 0 Å². The lowest BCUT2D eigenvalue weighted by Crippen LogP contribution is -2.05. The molecule has 0 spiro atoms. The molecule has 0 amide bonds. The van der Waals surface area contributed by atoms with E-state index in [9.17, 15) is 0 Å². The fourth-order valence-electron chi connectivity index (χ4n) is 0.687. The smallest absolute Gasteiger partial charge is 0.0458 e. The van der Waals surface area contributed by atoms with Gasteiger partial charge < -0.3 is 10.7 Å². The Hall–Kier alpha value is -0.900. The summed E-state index contributed by atoms with van der Waals surface area (Å²) in [4.78, 5) is 0. The van der Waals surface area contributed by atoms with Gasteiger partial charge in [-0.2, -0.15) is 0 Å². The Kier molecular flexibility index (Phi) is 4.49. The summed E-state index contributed by atoms with van der Waals surface area (Å²) in [5.41, 5.74) is 3.17. The first kappa shape index (κ1) is 9.10. The van der Waals surface area contributed by atoms with Crippen molar-refractivity contribution in [2.45, 2.75) is 6.54 Å². The van der Waals surface area contributed by atoms with Crippen LogP contribution in [0.4, 0.5) is 0 Å². The van der Waals surface area contributed by atoms with Crippen molar-refractivity contribution in [1.29, 1.82) is 0 Å². The van der Waals surface area contributed by atoms with Gasteiger partial charge in [0.25, 0.3) is 0 Å². The van der Waals surface area contributed by atoms with Crippen LogP contribution in [0.3, 0.4) is 0 Å². The second-order valence-corrected chi connectivity index (χ2v) is 1.82. The fraction of sp³-hybridized carbons (Fsp3) is 0.143. The van der Waals surface area contributed by atoms with Crippen LogP contribution in [0.15, 0.2) is 30.3 Å². The molecule has 0 aliphatic heterocycles. The maximum Gasteiger partial charge on any atom is 0.0458 e. The van der Waals surface area contributed by atoms with E-state index in [1.165, 1.54) is 0 Å². The molecular formula is C7H10NO2-. The molecule has 3 N–H and O–H groups in total. The van der Waals surface area contributed by atoms with E-state index in [1.54, 1.807) is 0 Å². The maximum atomic E-state index is 8.27. The molecule has 0 fully saturated rings. The Labute approximate surface area is 59.6 Å². The molecule has 0 unspecified atom stereocenters. The zero-order chi connectivity index (χ0) is 6.53. The first-order chi connectivity index (χ1) is 4.43. The summed E-state index contributed by atoms with van der Waals surface area (Å²) in [7, 11) is 0. The molecule has 1 aromatic carbocycles. The van der Waals surface area contributed by atoms with Crippen LogP contribution in [0.5, 0.6) is 0 Å². The van der Waals surface area contributed by atoms with E-state index in [0.29, 0.717) is 6.54 Å². The maximum absolute atomic E-state index is 8.27. The van der Waals surface area contributed by atoms with Crippen molar-refractivity contribution < 1.29 is 10.7 Å². The van der Waals surface area contributed by atoms with Crippen LogP contribution >= 0.6 is 0 Å². The highest BCUT2D eigenvalue weighted by molar-refractivity contribution is 5.13. The summed E-state index contributed by atoms with van der Waals surface area (Å²) in [5.74, 6) is 0. The van der Waals surface area contributed by atoms with E-state index >= 15 is 0 Å². The van der Waals surface area contributed by atoms with Gasteiger partial charge in [0, 0.05) is 6.54 Å². The van der Waals surface area contributed by atoms with Gasteiger partial charge >= 0.3 is 0 Å². The van der Waals surface area contributed by atoms with Crippen molar-refractivity contribution in [2.24, 2.45) is 0 Å². The van der Waals surface area contributed by atoms with E-state index in [2.05, 4.69) is 5.48 Å². The first-order valence-corrected chi connectivity index (χ1v) is 2.84. The molecule has 10 heavy (non-hydrogen) atoms. The zero-order valence-electron chi connectivity index (χ0n) is 5.49. The summed E-state index contributed by atoms with van der Waals surface area (Å²) < 4.78 is 0. The van der Waals surface area contributed by atoms with Crippen molar-refractivity contribution in [3.05, 3.63) is 35.9 Å². The van der Waals surface area contributed by atoms with Crippen molar-refractivity contribution in [3.8, 4) is 0 Å². The number of rotatable bonds is 2. The molecule has 0 atom stereocenters. The molecule has 56 valence electrons. The van der Waals surface area contributed by atoms with Crippen LogP contribution < -0.4 is 5.48 Å². The zero-order valence-corrected chi connectivity index (χ0v) is 5.49. The number of hydrogen-bond donors (Lipinski definition) is 2. The van der Waals surface area contributed by atoms with Gasteiger partial charge in [0.1, 0.15) is 0 Å². The van der Waals surface area contributed by atoms with Crippen molar-refractivity contribution in [1.82, 2.24) is 5.48 Å². The Bertz CT molecular complexity index is 165. The minimum absolute atomic E-state index is 0. The molecule has 3 heteroatoms. The Balaban J connectivity index is 0.000000810. The standard InChI is InChI=1S/C7H9NO.H2O/c9-8-6-7-4-2-1-3-5-7;/h1-5,8-9H,6H2;1H2/p-1. The fourth-order valence-corrected chi connectivity index (χ4v) is 0.687. The average Bonchev–Trinajstić information content (AvgIpc) is 1.91. The quantitative estimate of drug-likeness (QED) is 0.602. The number of benzene rings is 1. The predicted molar refractivity (Wildman–Crippen MR) is 37.0 cm³/mol. The van der Waals surface area contributed by atoms with E-state index in [4.69, 9.17) is 5.21 Å². The van der Waals surface area contributed by atoms with E-state index < -0.39 is 0 Å². The Morgan fingerprint density at radius 3 is 2.30 bits per heavy atom. The SMILES string of the molecule is ONCc1ccccc1.[OH-]. The summed E-state index contributed by atoms with van der Waals surface area (Å²) in [6, 6.07) is 9.71. The highest BCUT2D eigenvalue weighted by atomic mass is 16.5. The van der Waals surface area contributed by atoms with Crippen LogP contribution in [-0.4, -0.2) is 10.7 Å². The van der Waals surface area contributed by atoms with Gasteiger partial charge in [0.05, 0.1) is 0 Å². The molecule has 0 aliphatic rings. The lowest BCUT2D eigenvalue weighted by Gasteiger charge is -1.94. The lowest BCUT2D eigenvalue weighted by atomic mass is 10.2. The first-order valence-electron chi connectivity index (χ1n) is 2.84. The molecule has 0 bridgehead atoms. The van der Waals surface area contributed by atoms with E-state index in [-0.39, 0.29) is 5.48 Å². The molecular weight excluding hydrogens is 130 g/mol. The lowest BCUT2D eigenvalue weighted by molar-refractivity contribution is 0.161. The van der Waals surface area contributed by atoms with Gasteiger partial charge in [-0.25, -0.2) is 5.48 Å². The van der Waals surface area contributed by atoms with Crippen LogP contribution in [0.25, 0.3) is 0 Å². The van der Waals surface area contributed by atoms with Gasteiger partial charge in [-0.1, -0.05) is 30.3 Å². The summed E-state index contributed by atoms with van der Waals surface area (Å²) in [6.07, 6.45) is 0. The van der Waals surface area contributed by atoms with Gasteiger partial charge in [-0.05, 0) is 5.56 Å². The van der Waals surface area contributed by atoms with Gasteiger partial charge in [0.2, 0.25) is 0 Å². The third kappa shape index (κ3) is 2.59. The number of hydrogen-bond acceptors (Lipinski definition) is 3. The van der Waals surface area contributed by atoms with Gasteiger partial charge in [0.15, 0.2) is 0 Å². The van der Waals surface area contributed by atoms with Crippen molar-refractivity contribution >= 4 is 0 Å². The molecule has 0 aromatic heterocycles. The highest BCUT2D eigenvalue weighted by Crippen LogP contribution is 1.95. The minimum Gasteiger partial charge on any atom is -0.870 e. The second-order valence-electron chi connectivity index (χ2n) is 1.82. The minimum atomic E-state index is 0. The molecule has 3 nitrogen and oxygen atoms in total. The van der Waals surface area contributed by atoms with E-state index in [1.807, 2.05) is 30.3 Å². The summed E-state index contributed by atoms with van der Waals surface area (Å²) in [5, 5.41) is 8.27. The molecule has 1 aromatic rings. The number of nitrogens with one attached hydrogen (secondary N) is 1. The molecule has 0 saturated heterocycles. The van der Waals surface area contributed by atoms with Crippen LogP contribution in [0.1, 0.15) is 5.56 Å². The topological polar surface area (TPSA) is 62.3 Å². The van der Waals surface area contributed by atoms with Crippen molar-refractivity contribution in [3.63, 3.8) is 0 Å². The average molecular weight is 140 g/mol. The van der Waals surface area contributed by atoms with Crippen molar-refractivity contribution in [2.75, 3.05) is 0 Å². The Morgan fingerprint density at radius 2 is 1.80 bits per heavy atom. The Morgan fingerprint density at radius 1 is 1.20 bits per heavy atom. The van der Waals surface area contributed by atoms with Crippen LogP contribution in [0, 0.1) is 0 Å². The molecule has 0 saturated carbocycles. The number of hydroxylamine groups is 1. The highest BCUT2D eigenvalue weighted by Gasteiger charge is 1.84.